The van der Waals surface area contributed by atoms with Crippen LogP contribution in [0.15, 0.2) is 96.7 Å². The van der Waals surface area contributed by atoms with Gasteiger partial charge < -0.3 is 5.32 Å². The lowest BCUT2D eigenvalue weighted by Crippen LogP contribution is -2.59. The normalized spacial score (nSPS) is 35.0. The van der Waals surface area contributed by atoms with E-state index in [9.17, 15) is 0 Å². The van der Waals surface area contributed by atoms with E-state index >= 15 is 0 Å². The zero-order valence-electron chi connectivity index (χ0n) is 16.8. The smallest absolute Gasteiger partial charge is 0.0327 e. The highest BCUT2D eigenvalue weighted by Crippen LogP contribution is 2.49. The van der Waals surface area contributed by atoms with Crippen LogP contribution in [0.4, 0.5) is 0 Å². The van der Waals surface area contributed by atoms with E-state index in [-0.39, 0.29) is 5.41 Å². The minimum Gasteiger partial charge on any atom is -0.303 e. The van der Waals surface area contributed by atoms with Crippen LogP contribution in [0.5, 0.6) is 0 Å². The van der Waals surface area contributed by atoms with Crippen molar-refractivity contribution in [3.8, 4) is 0 Å². The summed E-state index contributed by atoms with van der Waals surface area (Å²) in [5, 5.41) is 3.91. The molecule has 5 unspecified atom stereocenters. The molecule has 0 aromatic heterocycles. The van der Waals surface area contributed by atoms with E-state index in [0.717, 1.165) is 6.42 Å². The molecule has 142 valence electrons. The van der Waals surface area contributed by atoms with Crippen molar-refractivity contribution in [2.75, 3.05) is 0 Å². The van der Waals surface area contributed by atoms with E-state index in [2.05, 4.69) is 110 Å². The zero-order chi connectivity index (χ0) is 19.1. The van der Waals surface area contributed by atoms with E-state index in [1.165, 1.54) is 16.7 Å². The Hall–Kier alpha value is -2.38. The molecule has 5 atom stereocenters. The second-order valence-corrected chi connectivity index (χ2v) is 9.12. The van der Waals surface area contributed by atoms with Crippen molar-refractivity contribution in [2.24, 2.45) is 23.2 Å². The maximum Gasteiger partial charge on any atom is 0.0327 e. The zero-order valence-corrected chi connectivity index (χ0v) is 16.8. The van der Waals surface area contributed by atoms with Crippen LogP contribution < -0.4 is 5.32 Å². The molecule has 1 N–H and O–H groups in total. The molecule has 1 fully saturated rings. The number of hydrogen-bond acceptors (Lipinski definition) is 1. The highest BCUT2D eigenvalue weighted by Gasteiger charge is 2.48. The van der Waals surface area contributed by atoms with Gasteiger partial charge in [-0.25, -0.2) is 0 Å². The standard InChI is InChI=1S/C27H29N/c1-27(2)23-17-21(19-9-5-3-6-10-19)13-15-25(23)28-26-16-14-22(18-24(26)27)20-11-7-4-8-12-20/h3-11,13-18,20,23-26,28H,12H2,1-2H3. The first-order valence-corrected chi connectivity index (χ1v) is 10.6. The maximum absolute atomic E-state index is 3.91. The molecular formula is C27H29N. The molecule has 0 saturated carbocycles. The molecule has 1 heteroatoms. The van der Waals surface area contributed by atoms with Crippen LogP contribution in [0.1, 0.15) is 25.8 Å². The Morgan fingerprint density at radius 2 is 1.61 bits per heavy atom. The number of allylic oxidation sites excluding steroid dienone is 8. The van der Waals surface area contributed by atoms with E-state index in [1.807, 2.05) is 0 Å². The fourth-order valence-electron chi connectivity index (χ4n) is 5.40. The number of rotatable bonds is 2. The first-order valence-electron chi connectivity index (χ1n) is 10.6. The largest absolute Gasteiger partial charge is 0.303 e. The Bertz CT molecular complexity index is 922. The summed E-state index contributed by atoms with van der Waals surface area (Å²) in [6, 6.07) is 11.6. The number of piperidine rings is 1. The van der Waals surface area contributed by atoms with Crippen molar-refractivity contribution in [3.63, 3.8) is 0 Å². The minimum absolute atomic E-state index is 0.190. The predicted molar refractivity (Wildman–Crippen MR) is 119 cm³/mol. The van der Waals surface area contributed by atoms with Gasteiger partial charge >= 0.3 is 0 Å². The second kappa shape index (κ2) is 6.90. The Kier molecular flexibility index (Phi) is 4.36. The van der Waals surface area contributed by atoms with Gasteiger partial charge in [-0.1, -0.05) is 105 Å². The van der Waals surface area contributed by atoms with Crippen LogP contribution in [0.25, 0.3) is 5.57 Å². The number of fused-ring (bicyclic) bond motifs is 2. The third-order valence-corrected chi connectivity index (χ3v) is 7.10. The van der Waals surface area contributed by atoms with Crippen molar-refractivity contribution in [1.82, 2.24) is 5.32 Å². The van der Waals surface area contributed by atoms with E-state index in [0.29, 0.717) is 29.8 Å². The molecule has 5 rings (SSSR count). The molecular weight excluding hydrogens is 338 g/mol. The lowest BCUT2D eigenvalue weighted by Gasteiger charge is -2.53. The van der Waals surface area contributed by atoms with Gasteiger partial charge in [-0.3, -0.25) is 0 Å². The number of benzene rings is 1. The number of hydrogen-bond donors (Lipinski definition) is 1. The van der Waals surface area contributed by atoms with Crippen molar-refractivity contribution in [1.29, 1.82) is 0 Å². The van der Waals surface area contributed by atoms with Gasteiger partial charge in [-0.2, -0.15) is 0 Å². The highest BCUT2D eigenvalue weighted by molar-refractivity contribution is 5.75. The van der Waals surface area contributed by atoms with Gasteiger partial charge in [0.2, 0.25) is 0 Å². The summed E-state index contributed by atoms with van der Waals surface area (Å²) in [4.78, 5) is 0. The first kappa shape index (κ1) is 17.7. The summed E-state index contributed by atoms with van der Waals surface area (Å²) in [5.41, 5.74) is 4.34. The van der Waals surface area contributed by atoms with Crippen LogP contribution >= 0.6 is 0 Å². The van der Waals surface area contributed by atoms with Crippen LogP contribution in [0, 0.1) is 23.2 Å². The Morgan fingerprint density at radius 1 is 0.857 bits per heavy atom. The van der Waals surface area contributed by atoms with Crippen LogP contribution in [0.2, 0.25) is 0 Å². The average molecular weight is 368 g/mol. The molecule has 1 heterocycles. The summed E-state index contributed by atoms with van der Waals surface area (Å²) < 4.78 is 0. The molecule has 1 aliphatic heterocycles. The molecule has 0 amide bonds. The summed E-state index contributed by atoms with van der Waals surface area (Å²) in [5.74, 6) is 1.52. The van der Waals surface area contributed by atoms with Gasteiger partial charge in [0.25, 0.3) is 0 Å². The Labute approximate surface area is 168 Å². The molecule has 1 saturated heterocycles. The van der Waals surface area contributed by atoms with E-state index in [1.54, 1.807) is 0 Å². The molecule has 0 spiro atoms. The van der Waals surface area contributed by atoms with Crippen LogP contribution in [0.3, 0.4) is 0 Å². The molecule has 28 heavy (non-hydrogen) atoms. The van der Waals surface area contributed by atoms with Gasteiger partial charge in [-0.15, -0.1) is 0 Å². The van der Waals surface area contributed by atoms with Gasteiger partial charge in [0.15, 0.2) is 0 Å². The maximum atomic E-state index is 3.91. The van der Waals surface area contributed by atoms with Gasteiger partial charge in [0.1, 0.15) is 0 Å². The molecule has 3 aliphatic carbocycles. The Morgan fingerprint density at radius 3 is 2.36 bits per heavy atom. The topological polar surface area (TPSA) is 12.0 Å². The van der Waals surface area contributed by atoms with Crippen LogP contribution in [-0.4, -0.2) is 12.1 Å². The lowest BCUT2D eigenvalue weighted by molar-refractivity contribution is 0.0852. The SMILES string of the molecule is CC1(C)C2C=C(c3ccccc3)C=CC2NC2C=CC(C3C=CC=CC3)=CC21. The average Bonchev–Trinajstić information content (AvgIpc) is 2.75. The van der Waals surface area contributed by atoms with Crippen molar-refractivity contribution in [2.45, 2.75) is 32.4 Å². The van der Waals surface area contributed by atoms with Crippen LogP contribution in [-0.2, 0) is 0 Å². The Balaban J connectivity index is 1.47. The fraction of sp³-hybridized carbons (Fsp3) is 0.333. The van der Waals surface area contributed by atoms with Gasteiger partial charge in [0.05, 0.1) is 0 Å². The van der Waals surface area contributed by atoms with Crippen molar-refractivity contribution >= 4 is 5.57 Å². The quantitative estimate of drug-likeness (QED) is 0.689. The monoisotopic (exact) mass is 367 g/mol. The third kappa shape index (κ3) is 2.99. The lowest BCUT2D eigenvalue weighted by atomic mass is 9.58. The first-order chi connectivity index (χ1) is 13.6. The summed E-state index contributed by atoms with van der Waals surface area (Å²) >= 11 is 0. The molecule has 4 aliphatic rings. The third-order valence-electron chi connectivity index (χ3n) is 7.10. The van der Waals surface area contributed by atoms with Crippen molar-refractivity contribution < 1.29 is 0 Å². The summed E-state index contributed by atoms with van der Waals surface area (Å²) in [7, 11) is 0. The minimum atomic E-state index is 0.190. The fourth-order valence-corrected chi connectivity index (χ4v) is 5.40. The summed E-state index contributed by atoms with van der Waals surface area (Å²) in [6.45, 7) is 4.93. The van der Waals surface area contributed by atoms with E-state index in [4.69, 9.17) is 0 Å². The number of nitrogens with one attached hydrogen (secondary N) is 1. The molecule has 0 radical (unpaired) electrons. The highest BCUT2D eigenvalue weighted by atomic mass is 15.0. The molecule has 1 aromatic rings. The summed E-state index contributed by atoms with van der Waals surface area (Å²) in [6.07, 6.45) is 24.6. The second-order valence-electron chi connectivity index (χ2n) is 9.12. The molecule has 0 bridgehead atoms. The molecule has 1 nitrogen and oxygen atoms in total. The van der Waals surface area contributed by atoms with Gasteiger partial charge in [-0.05, 0) is 28.5 Å². The molecule has 1 aromatic carbocycles. The van der Waals surface area contributed by atoms with E-state index < -0.39 is 0 Å². The van der Waals surface area contributed by atoms with Crippen molar-refractivity contribution in [3.05, 3.63) is 102 Å². The predicted octanol–water partition coefficient (Wildman–Crippen LogP) is 5.87. The van der Waals surface area contributed by atoms with Gasteiger partial charge in [0, 0.05) is 29.8 Å².